The molecule has 0 saturated carbocycles. The van der Waals surface area contributed by atoms with Gasteiger partial charge in [-0.3, -0.25) is 4.79 Å². The van der Waals surface area contributed by atoms with Crippen molar-refractivity contribution in [2.24, 2.45) is 0 Å². The normalized spacial score (nSPS) is 13.5. The third-order valence-corrected chi connectivity index (χ3v) is 6.85. The predicted molar refractivity (Wildman–Crippen MR) is 112 cm³/mol. The van der Waals surface area contributed by atoms with E-state index in [0.717, 1.165) is 28.6 Å². The van der Waals surface area contributed by atoms with Crippen molar-refractivity contribution in [1.82, 2.24) is 14.9 Å². The van der Waals surface area contributed by atoms with E-state index in [9.17, 15) is 4.79 Å². The van der Waals surface area contributed by atoms with E-state index in [4.69, 9.17) is 5.73 Å². The second-order valence-electron chi connectivity index (χ2n) is 6.81. The second kappa shape index (κ2) is 7.86. The van der Waals surface area contributed by atoms with Crippen LogP contribution in [0.25, 0.3) is 10.2 Å². The van der Waals surface area contributed by atoms with E-state index in [2.05, 4.69) is 9.97 Å². The van der Waals surface area contributed by atoms with E-state index in [1.807, 2.05) is 37.4 Å². The molecule has 0 unspecified atom stereocenters. The molecule has 0 atom stereocenters. The molecule has 27 heavy (non-hydrogen) atoms. The van der Waals surface area contributed by atoms with E-state index >= 15 is 0 Å². The molecule has 140 valence electrons. The number of amides is 1. The van der Waals surface area contributed by atoms with E-state index in [1.54, 1.807) is 16.2 Å². The lowest BCUT2D eigenvalue weighted by molar-refractivity contribution is -0.127. The lowest BCUT2D eigenvalue weighted by Gasteiger charge is -2.16. The molecular formula is C20H22N4OS2. The van der Waals surface area contributed by atoms with Gasteiger partial charge < -0.3 is 10.6 Å². The maximum atomic E-state index is 12.4. The third kappa shape index (κ3) is 3.94. The number of carbonyl (C=O) groups excluding carboxylic acids is 1. The fraction of sp³-hybridized carbons (Fsp3) is 0.350. The Morgan fingerprint density at radius 1 is 1.22 bits per heavy atom. The number of aryl methyl sites for hydroxylation is 2. The summed E-state index contributed by atoms with van der Waals surface area (Å²) in [4.78, 5) is 25.7. The molecule has 5 nitrogen and oxygen atoms in total. The van der Waals surface area contributed by atoms with Crippen LogP contribution in [-0.2, 0) is 24.2 Å². The Kier molecular flexibility index (Phi) is 5.31. The fourth-order valence-corrected chi connectivity index (χ4v) is 5.53. The number of hydrogen-bond acceptors (Lipinski definition) is 6. The number of nitrogens with two attached hydrogens (primary N) is 1. The molecule has 2 N–H and O–H groups in total. The van der Waals surface area contributed by atoms with Crippen LogP contribution < -0.4 is 5.73 Å². The van der Waals surface area contributed by atoms with E-state index < -0.39 is 0 Å². The maximum absolute atomic E-state index is 12.4. The summed E-state index contributed by atoms with van der Waals surface area (Å²) >= 11 is 3.09. The first kappa shape index (κ1) is 18.3. The van der Waals surface area contributed by atoms with E-state index in [-0.39, 0.29) is 5.91 Å². The summed E-state index contributed by atoms with van der Waals surface area (Å²) in [5.74, 6) is 0.905. The Morgan fingerprint density at radius 2 is 2.00 bits per heavy atom. The smallest absolute Gasteiger partial charge is 0.233 e. The summed E-state index contributed by atoms with van der Waals surface area (Å²) in [7, 11) is 1.82. The molecule has 4 rings (SSSR count). The van der Waals surface area contributed by atoms with Gasteiger partial charge in [0.15, 0.2) is 5.16 Å². The van der Waals surface area contributed by atoms with Crippen LogP contribution in [0.15, 0.2) is 35.5 Å². The number of carbonyl (C=O) groups is 1. The number of nitrogen functional groups attached to an aromatic ring is 1. The van der Waals surface area contributed by atoms with Crippen molar-refractivity contribution in [3.05, 3.63) is 46.3 Å². The lowest BCUT2D eigenvalue weighted by atomic mass is 9.97. The van der Waals surface area contributed by atoms with Gasteiger partial charge in [-0.05, 0) is 36.8 Å². The number of anilines is 1. The van der Waals surface area contributed by atoms with E-state index in [0.29, 0.717) is 23.3 Å². The number of thioether (sulfide) groups is 1. The summed E-state index contributed by atoms with van der Waals surface area (Å²) in [5.41, 5.74) is 8.70. The Balaban J connectivity index is 1.45. The molecule has 0 aliphatic heterocycles. The zero-order valence-electron chi connectivity index (χ0n) is 15.3. The average molecular weight is 399 g/mol. The van der Waals surface area contributed by atoms with Crippen molar-refractivity contribution in [1.29, 1.82) is 0 Å². The summed E-state index contributed by atoms with van der Waals surface area (Å²) in [5, 5.41) is 1.62. The Hall–Kier alpha value is -2.12. The van der Waals surface area contributed by atoms with Gasteiger partial charge in [0.2, 0.25) is 5.91 Å². The van der Waals surface area contributed by atoms with Crippen molar-refractivity contribution in [3.8, 4) is 0 Å². The highest BCUT2D eigenvalue weighted by Crippen LogP contribution is 2.38. The molecule has 1 aliphatic carbocycles. The first-order valence-electron chi connectivity index (χ1n) is 9.10. The van der Waals surface area contributed by atoms with Crippen LogP contribution in [0.1, 0.15) is 28.8 Å². The SMILES string of the molecule is CN(Cc1ccccc1)C(=O)CSc1nc(N)c2c3c(sc2n1)CCCC3. The number of fused-ring (bicyclic) bond motifs is 3. The van der Waals surface area contributed by atoms with E-state index in [1.165, 1.54) is 35.0 Å². The quantitative estimate of drug-likeness (QED) is 0.521. The number of rotatable bonds is 5. The Morgan fingerprint density at radius 3 is 2.81 bits per heavy atom. The monoisotopic (exact) mass is 398 g/mol. The van der Waals surface area contributed by atoms with Gasteiger partial charge in [-0.15, -0.1) is 11.3 Å². The number of aromatic nitrogens is 2. The van der Waals surface area contributed by atoms with Crippen LogP contribution in [-0.4, -0.2) is 33.6 Å². The molecule has 0 fully saturated rings. The molecule has 0 saturated heterocycles. The molecule has 0 bridgehead atoms. The van der Waals surface area contributed by atoms with Crippen molar-refractivity contribution in [2.75, 3.05) is 18.5 Å². The fourth-order valence-electron chi connectivity index (χ4n) is 3.41. The number of hydrogen-bond donors (Lipinski definition) is 1. The average Bonchev–Trinajstić information content (AvgIpc) is 3.05. The Labute approximate surface area is 167 Å². The zero-order valence-corrected chi connectivity index (χ0v) is 16.9. The van der Waals surface area contributed by atoms with Gasteiger partial charge in [0.05, 0.1) is 11.1 Å². The van der Waals surface area contributed by atoms with Crippen molar-refractivity contribution < 1.29 is 4.79 Å². The van der Waals surface area contributed by atoms with Gasteiger partial charge >= 0.3 is 0 Å². The number of thiophene rings is 1. The standard InChI is InChI=1S/C20H22N4OS2/c1-24(11-13-7-3-2-4-8-13)16(25)12-26-20-22-18(21)17-14-9-5-6-10-15(14)27-19(17)23-20/h2-4,7-8H,5-6,9-12H2,1H3,(H2,21,22,23). The molecule has 7 heteroatoms. The maximum Gasteiger partial charge on any atom is 0.233 e. The lowest BCUT2D eigenvalue weighted by Crippen LogP contribution is -2.27. The molecule has 2 heterocycles. The van der Waals surface area contributed by atoms with Crippen LogP contribution in [0.2, 0.25) is 0 Å². The van der Waals surface area contributed by atoms with Gasteiger partial charge in [-0.25, -0.2) is 9.97 Å². The summed E-state index contributed by atoms with van der Waals surface area (Å²) in [6.07, 6.45) is 4.62. The predicted octanol–water partition coefficient (Wildman–Crippen LogP) is 3.90. The van der Waals surface area contributed by atoms with Crippen molar-refractivity contribution >= 4 is 45.0 Å². The summed E-state index contributed by atoms with van der Waals surface area (Å²) in [6.45, 7) is 0.597. The largest absolute Gasteiger partial charge is 0.383 e. The molecule has 3 aromatic rings. The van der Waals surface area contributed by atoms with Gasteiger partial charge in [0.25, 0.3) is 0 Å². The molecule has 2 aromatic heterocycles. The van der Waals surface area contributed by atoms with Gasteiger partial charge in [-0.2, -0.15) is 0 Å². The van der Waals surface area contributed by atoms with Crippen LogP contribution in [0, 0.1) is 0 Å². The minimum atomic E-state index is 0.0524. The first-order chi connectivity index (χ1) is 13.1. The van der Waals surface area contributed by atoms with Gasteiger partial charge in [-0.1, -0.05) is 42.1 Å². The molecule has 0 radical (unpaired) electrons. The van der Waals surface area contributed by atoms with Gasteiger partial charge in [0, 0.05) is 18.5 Å². The van der Waals surface area contributed by atoms with Crippen molar-refractivity contribution in [3.63, 3.8) is 0 Å². The topological polar surface area (TPSA) is 72.1 Å². The van der Waals surface area contributed by atoms with Crippen LogP contribution in [0.3, 0.4) is 0 Å². The van der Waals surface area contributed by atoms with Crippen molar-refractivity contribution in [2.45, 2.75) is 37.4 Å². The van der Waals surface area contributed by atoms with Gasteiger partial charge in [0.1, 0.15) is 10.6 Å². The number of nitrogens with zero attached hydrogens (tertiary/aromatic N) is 3. The second-order valence-corrected chi connectivity index (χ2v) is 8.83. The summed E-state index contributed by atoms with van der Waals surface area (Å²) < 4.78 is 0. The zero-order chi connectivity index (χ0) is 18.8. The Bertz CT molecular complexity index is 971. The van der Waals surface area contributed by atoms with Crippen LogP contribution >= 0.6 is 23.1 Å². The minimum Gasteiger partial charge on any atom is -0.383 e. The molecule has 1 aromatic carbocycles. The third-order valence-electron chi connectivity index (χ3n) is 4.84. The molecule has 0 spiro atoms. The highest BCUT2D eigenvalue weighted by atomic mass is 32.2. The van der Waals surface area contributed by atoms with Crippen LogP contribution in [0.4, 0.5) is 5.82 Å². The molecule has 1 amide bonds. The summed E-state index contributed by atoms with van der Waals surface area (Å²) in [6, 6.07) is 9.98. The minimum absolute atomic E-state index is 0.0524. The van der Waals surface area contributed by atoms with Crippen LogP contribution in [0.5, 0.6) is 0 Å². The molecular weight excluding hydrogens is 376 g/mol. The number of benzene rings is 1. The molecule has 1 aliphatic rings. The highest BCUT2D eigenvalue weighted by molar-refractivity contribution is 7.99. The highest BCUT2D eigenvalue weighted by Gasteiger charge is 2.20. The first-order valence-corrected chi connectivity index (χ1v) is 10.9.